The largest absolute Gasteiger partial charge is 0.0776 e. The highest BCUT2D eigenvalue weighted by Gasteiger charge is 2.07. The van der Waals surface area contributed by atoms with Crippen LogP contribution in [0.15, 0.2) is 24.3 Å². The monoisotopic (exact) mass is 236 g/mol. The van der Waals surface area contributed by atoms with Crippen molar-refractivity contribution in [1.82, 2.24) is 0 Å². The SMILES string of the molecule is C.CC(C)C.CCC.c1ccc2c(c1)CCC2. The van der Waals surface area contributed by atoms with Crippen LogP contribution in [0.1, 0.15) is 66.0 Å². The van der Waals surface area contributed by atoms with Crippen molar-refractivity contribution in [2.24, 2.45) is 5.92 Å². The molecule has 0 nitrogen and oxygen atoms in total. The van der Waals surface area contributed by atoms with E-state index in [0.717, 1.165) is 5.92 Å². The Balaban J connectivity index is 0. The second-order valence-corrected chi connectivity index (χ2v) is 5.06. The molecular weight excluding hydrogens is 204 g/mol. The lowest BCUT2D eigenvalue weighted by Crippen LogP contribution is -1.77. The van der Waals surface area contributed by atoms with Crippen molar-refractivity contribution in [3.63, 3.8) is 0 Å². The van der Waals surface area contributed by atoms with Gasteiger partial charge in [0.2, 0.25) is 0 Å². The van der Waals surface area contributed by atoms with Crippen LogP contribution >= 0.6 is 0 Å². The Labute approximate surface area is 109 Å². The molecule has 0 amide bonds. The molecule has 0 radical (unpaired) electrons. The van der Waals surface area contributed by atoms with Gasteiger partial charge in [0.05, 0.1) is 0 Å². The Bertz CT molecular complexity index is 235. The van der Waals surface area contributed by atoms with Gasteiger partial charge in [0, 0.05) is 0 Å². The molecule has 17 heavy (non-hydrogen) atoms. The smallest absolute Gasteiger partial charge is 0.0273 e. The number of rotatable bonds is 0. The molecule has 0 N–H and O–H groups in total. The summed E-state index contributed by atoms with van der Waals surface area (Å²) in [7, 11) is 0. The van der Waals surface area contributed by atoms with E-state index in [-0.39, 0.29) is 7.43 Å². The third-order valence-electron chi connectivity index (χ3n) is 2.01. The van der Waals surface area contributed by atoms with Gasteiger partial charge in [-0.05, 0) is 36.3 Å². The van der Waals surface area contributed by atoms with Gasteiger partial charge in [0.25, 0.3) is 0 Å². The van der Waals surface area contributed by atoms with Gasteiger partial charge in [-0.1, -0.05) is 72.7 Å². The summed E-state index contributed by atoms with van der Waals surface area (Å²) in [6, 6.07) is 8.74. The maximum absolute atomic E-state index is 2.24. The standard InChI is InChI=1S/C9H10.C4H10.C3H8.CH4/c1-2-5-9-7-3-6-8(9)4-1;1-4(2)3;1-3-2;/h1-2,4-5H,3,6-7H2;4H,1-3H3;3H2,1-2H3;1H4. The van der Waals surface area contributed by atoms with Crippen molar-refractivity contribution in [2.75, 3.05) is 0 Å². The van der Waals surface area contributed by atoms with Crippen molar-refractivity contribution in [2.45, 2.75) is 67.7 Å². The summed E-state index contributed by atoms with van der Waals surface area (Å²) in [4.78, 5) is 0. The predicted octanol–water partition coefficient (Wildman–Crippen LogP) is 5.89. The second kappa shape index (κ2) is 11.7. The second-order valence-electron chi connectivity index (χ2n) is 5.06. The van der Waals surface area contributed by atoms with Crippen LogP contribution < -0.4 is 0 Å². The Kier molecular flexibility index (Phi) is 12.8. The first-order valence-corrected chi connectivity index (χ1v) is 6.68. The average Bonchev–Trinajstić information content (AvgIpc) is 2.65. The summed E-state index contributed by atoms with van der Waals surface area (Å²) in [5, 5.41) is 0. The Morgan fingerprint density at radius 3 is 1.53 bits per heavy atom. The fourth-order valence-corrected chi connectivity index (χ4v) is 1.51. The minimum Gasteiger partial charge on any atom is -0.0776 e. The van der Waals surface area contributed by atoms with Crippen molar-refractivity contribution in [3.8, 4) is 0 Å². The first-order valence-electron chi connectivity index (χ1n) is 6.68. The quantitative estimate of drug-likeness (QED) is 0.527. The van der Waals surface area contributed by atoms with Crippen LogP contribution in [0.5, 0.6) is 0 Å². The van der Waals surface area contributed by atoms with Gasteiger partial charge in [-0.2, -0.15) is 0 Å². The molecule has 1 aromatic rings. The van der Waals surface area contributed by atoms with Gasteiger partial charge in [0.1, 0.15) is 0 Å². The summed E-state index contributed by atoms with van der Waals surface area (Å²) in [6.45, 7) is 10.8. The molecule has 100 valence electrons. The molecule has 0 aliphatic heterocycles. The highest BCUT2D eigenvalue weighted by molar-refractivity contribution is 5.30. The summed E-state index contributed by atoms with van der Waals surface area (Å²) in [5.74, 6) is 0.833. The molecule has 0 atom stereocenters. The fourth-order valence-electron chi connectivity index (χ4n) is 1.51. The Morgan fingerprint density at radius 2 is 1.24 bits per heavy atom. The zero-order valence-electron chi connectivity index (χ0n) is 11.7. The minimum atomic E-state index is 0. The molecule has 0 unspecified atom stereocenters. The van der Waals surface area contributed by atoms with Gasteiger partial charge in [-0.15, -0.1) is 0 Å². The molecule has 0 heteroatoms. The van der Waals surface area contributed by atoms with Crippen LogP contribution in [0, 0.1) is 5.92 Å². The molecule has 0 bridgehead atoms. The topological polar surface area (TPSA) is 0 Å². The number of aryl methyl sites for hydroxylation is 2. The van der Waals surface area contributed by atoms with E-state index in [2.05, 4.69) is 58.9 Å². The number of fused-ring (bicyclic) bond motifs is 1. The van der Waals surface area contributed by atoms with Crippen LogP contribution in [0.4, 0.5) is 0 Å². The van der Waals surface area contributed by atoms with Gasteiger partial charge >= 0.3 is 0 Å². The lowest BCUT2D eigenvalue weighted by atomic mass is 10.1. The van der Waals surface area contributed by atoms with E-state index < -0.39 is 0 Å². The molecule has 0 heterocycles. The molecule has 0 aromatic heterocycles. The van der Waals surface area contributed by atoms with E-state index in [1.54, 1.807) is 11.1 Å². The van der Waals surface area contributed by atoms with Gasteiger partial charge in [0.15, 0.2) is 0 Å². The molecule has 1 aliphatic rings. The Morgan fingerprint density at radius 1 is 0.941 bits per heavy atom. The van der Waals surface area contributed by atoms with E-state index in [4.69, 9.17) is 0 Å². The van der Waals surface area contributed by atoms with Gasteiger partial charge in [-0.3, -0.25) is 0 Å². The van der Waals surface area contributed by atoms with Gasteiger partial charge < -0.3 is 0 Å². The summed E-state index contributed by atoms with van der Waals surface area (Å²) < 4.78 is 0. The molecule has 1 aliphatic carbocycles. The van der Waals surface area contributed by atoms with E-state index in [9.17, 15) is 0 Å². The van der Waals surface area contributed by atoms with Crippen molar-refractivity contribution >= 4 is 0 Å². The van der Waals surface area contributed by atoms with E-state index in [1.165, 1.54) is 25.7 Å². The Hall–Kier alpha value is -0.780. The molecule has 0 fully saturated rings. The van der Waals surface area contributed by atoms with Crippen molar-refractivity contribution in [3.05, 3.63) is 35.4 Å². The third kappa shape index (κ3) is 10.1. The van der Waals surface area contributed by atoms with Crippen LogP contribution in [0.3, 0.4) is 0 Å². The molecule has 0 saturated carbocycles. The first-order chi connectivity index (χ1) is 7.61. The van der Waals surface area contributed by atoms with Gasteiger partial charge in [-0.25, -0.2) is 0 Å². The van der Waals surface area contributed by atoms with Crippen molar-refractivity contribution in [1.29, 1.82) is 0 Å². The van der Waals surface area contributed by atoms with Crippen LogP contribution in [-0.4, -0.2) is 0 Å². The van der Waals surface area contributed by atoms with E-state index >= 15 is 0 Å². The maximum atomic E-state index is 2.24. The molecule has 0 saturated heterocycles. The average molecular weight is 236 g/mol. The maximum Gasteiger partial charge on any atom is -0.0273 e. The summed E-state index contributed by atoms with van der Waals surface area (Å²) in [6.07, 6.45) is 5.21. The first kappa shape index (κ1) is 18.6. The number of benzene rings is 1. The molecular formula is C17H32. The normalized spacial score (nSPS) is 11.4. The predicted molar refractivity (Wildman–Crippen MR) is 81.7 cm³/mol. The molecule has 0 spiro atoms. The lowest BCUT2D eigenvalue weighted by molar-refractivity contribution is 0.737. The molecule has 2 rings (SSSR count). The summed E-state index contributed by atoms with van der Waals surface area (Å²) in [5.41, 5.74) is 3.13. The minimum absolute atomic E-state index is 0. The van der Waals surface area contributed by atoms with E-state index in [1.807, 2.05) is 0 Å². The molecule has 1 aromatic carbocycles. The number of hydrogen-bond acceptors (Lipinski definition) is 0. The fraction of sp³-hybridized carbons (Fsp3) is 0.647. The van der Waals surface area contributed by atoms with Crippen LogP contribution in [0.2, 0.25) is 0 Å². The third-order valence-corrected chi connectivity index (χ3v) is 2.01. The number of hydrogen-bond donors (Lipinski definition) is 0. The zero-order chi connectivity index (χ0) is 12.4. The van der Waals surface area contributed by atoms with Crippen LogP contribution in [-0.2, 0) is 12.8 Å². The van der Waals surface area contributed by atoms with Crippen molar-refractivity contribution < 1.29 is 0 Å². The summed E-state index contributed by atoms with van der Waals surface area (Å²) >= 11 is 0. The zero-order valence-corrected chi connectivity index (χ0v) is 11.7. The lowest BCUT2D eigenvalue weighted by Gasteiger charge is -1.93. The van der Waals surface area contributed by atoms with E-state index in [0.29, 0.717) is 0 Å². The highest BCUT2D eigenvalue weighted by Crippen LogP contribution is 2.20. The van der Waals surface area contributed by atoms with Crippen LogP contribution in [0.25, 0.3) is 0 Å². The highest BCUT2D eigenvalue weighted by atomic mass is 14.1.